The zero-order chi connectivity index (χ0) is 23.8. The van der Waals surface area contributed by atoms with Gasteiger partial charge in [-0.2, -0.15) is 0 Å². The molecular formula is C24H28FN3O4S. The van der Waals surface area contributed by atoms with Crippen LogP contribution in [0.5, 0.6) is 0 Å². The van der Waals surface area contributed by atoms with E-state index in [2.05, 4.69) is 4.98 Å². The molecule has 33 heavy (non-hydrogen) atoms. The van der Waals surface area contributed by atoms with Crippen LogP contribution >= 0.6 is 0 Å². The summed E-state index contributed by atoms with van der Waals surface area (Å²) in [6.45, 7) is 6.78. The van der Waals surface area contributed by atoms with Crippen LogP contribution in [0.1, 0.15) is 50.9 Å². The van der Waals surface area contributed by atoms with E-state index in [1.807, 2.05) is 39.0 Å². The molecule has 4 rings (SSSR count). The van der Waals surface area contributed by atoms with Crippen molar-refractivity contribution in [3.8, 4) is 11.1 Å². The summed E-state index contributed by atoms with van der Waals surface area (Å²) in [7, 11) is -2.60. The molecule has 1 fully saturated rings. The number of carbonyl (C=O) groups is 1. The van der Waals surface area contributed by atoms with Crippen molar-refractivity contribution in [2.24, 2.45) is 0 Å². The maximum absolute atomic E-state index is 14.6. The third-order valence-electron chi connectivity index (χ3n) is 5.69. The number of thiol groups is 1. The molecule has 0 atom stereocenters. The lowest BCUT2D eigenvalue weighted by atomic mass is 9.96. The second kappa shape index (κ2) is 9.13. The summed E-state index contributed by atoms with van der Waals surface area (Å²) in [6, 6.07) is 10.0. The first-order valence-corrected chi connectivity index (χ1v) is 12.3. The number of amides is 1. The maximum atomic E-state index is 14.6. The number of aromatic amines is 1. The summed E-state index contributed by atoms with van der Waals surface area (Å²) >= 11 is 0. The number of H-pyrrole nitrogens is 1. The second-order valence-electron chi connectivity index (χ2n) is 9.40. The van der Waals surface area contributed by atoms with E-state index in [0.717, 1.165) is 29.7 Å². The Kier molecular flexibility index (Phi) is 6.43. The van der Waals surface area contributed by atoms with Crippen molar-refractivity contribution >= 4 is 27.8 Å². The zero-order valence-electron chi connectivity index (χ0n) is 18.9. The number of nitrogens with zero attached hydrogens (tertiary/aromatic N) is 2. The van der Waals surface area contributed by atoms with Crippen molar-refractivity contribution in [1.82, 2.24) is 14.9 Å². The molecule has 1 aromatic heterocycles. The number of hydrogen-bond acceptors (Lipinski definition) is 5. The molecule has 1 saturated heterocycles. The lowest BCUT2D eigenvalue weighted by Crippen LogP contribution is -2.41. The number of nitrogens with one attached hydrogen (secondary N) is 1. The number of carbonyl (C=O) groups excluding carboxylic acids is 1. The van der Waals surface area contributed by atoms with Gasteiger partial charge in [0.05, 0.1) is 16.8 Å². The van der Waals surface area contributed by atoms with Crippen LogP contribution in [0.3, 0.4) is 0 Å². The Labute approximate surface area is 193 Å². The summed E-state index contributed by atoms with van der Waals surface area (Å²) in [5.74, 6) is 0.417. The molecule has 0 aliphatic carbocycles. The van der Waals surface area contributed by atoms with Crippen LogP contribution in [0.15, 0.2) is 36.4 Å². The van der Waals surface area contributed by atoms with Crippen molar-refractivity contribution in [3.05, 3.63) is 53.6 Å². The standard InChI is InChI=1S/C24H28FN3O4S/c1-24(2,3)32-23(29)28-10-8-16(9-11-28)22-26-20-7-5-17(13-21(20)27-22)18-6-4-15(12-19(18)25)14-33(30)31/h4-7,12-13,16,33H,8-11,14H2,1-3H3,(H,26,27). The van der Waals surface area contributed by atoms with Gasteiger partial charge >= 0.3 is 6.09 Å². The Morgan fingerprint density at radius 2 is 1.91 bits per heavy atom. The Balaban J connectivity index is 1.48. The normalized spacial score (nSPS) is 15.4. The highest BCUT2D eigenvalue weighted by Gasteiger charge is 2.28. The van der Waals surface area contributed by atoms with E-state index in [9.17, 15) is 17.6 Å². The van der Waals surface area contributed by atoms with Crippen LogP contribution in [0.2, 0.25) is 0 Å². The monoisotopic (exact) mass is 473 g/mol. The first-order chi connectivity index (χ1) is 15.6. The number of halogens is 1. The predicted octanol–water partition coefficient (Wildman–Crippen LogP) is 4.59. The fraction of sp³-hybridized carbons (Fsp3) is 0.417. The number of rotatable bonds is 4. The average molecular weight is 474 g/mol. The van der Waals surface area contributed by atoms with Gasteiger partial charge in [0.15, 0.2) is 0 Å². The van der Waals surface area contributed by atoms with Gasteiger partial charge in [-0.3, -0.25) is 0 Å². The molecule has 7 nitrogen and oxygen atoms in total. The summed E-state index contributed by atoms with van der Waals surface area (Å²) in [6.07, 6.45) is 1.28. The SMILES string of the molecule is CC(C)(C)OC(=O)N1CCC(c2nc3cc(-c4ccc(C[SH](=O)=O)cc4F)ccc3[nH]2)CC1. The molecule has 9 heteroatoms. The summed E-state index contributed by atoms with van der Waals surface area (Å²) in [5, 5.41) is 0. The third kappa shape index (κ3) is 5.52. The number of piperidine rings is 1. The number of benzene rings is 2. The summed E-state index contributed by atoms with van der Waals surface area (Å²) in [5.41, 5.74) is 2.59. The van der Waals surface area contributed by atoms with Crippen molar-refractivity contribution in [1.29, 1.82) is 0 Å². The maximum Gasteiger partial charge on any atom is 0.410 e. The number of hydrogen-bond donors (Lipinski definition) is 2. The fourth-order valence-electron chi connectivity index (χ4n) is 4.09. The van der Waals surface area contributed by atoms with E-state index in [1.165, 1.54) is 6.07 Å². The minimum Gasteiger partial charge on any atom is -0.444 e. The largest absolute Gasteiger partial charge is 0.444 e. The minimum absolute atomic E-state index is 0.180. The molecule has 1 N–H and O–H groups in total. The third-order valence-corrected chi connectivity index (χ3v) is 6.31. The van der Waals surface area contributed by atoms with Crippen LogP contribution in [0.4, 0.5) is 9.18 Å². The van der Waals surface area contributed by atoms with Crippen LogP contribution < -0.4 is 0 Å². The van der Waals surface area contributed by atoms with Gasteiger partial charge in [0, 0.05) is 24.6 Å². The zero-order valence-corrected chi connectivity index (χ0v) is 19.8. The van der Waals surface area contributed by atoms with E-state index in [4.69, 9.17) is 9.72 Å². The molecule has 0 radical (unpaired) electrons. The minimum atomic E-state index is -2.60. The molecule has 1 aliphatic rings. The summed E-state index contributed by atoms with van der Waals surface area (Å²) in [4.78, 5) is 22.1. The molecule has 0 unspecified atom stereocenters. The first kappa shape index (κ1) is 23.2. The van der Waals surface area contributed by atoms with Crippen LogP contribution in [0, 0.1) is 5.82 Å². The highest BCUT2D eigenvalue weighted by atomic mass is 32.2. The van der Waals surface area contributed by atoms with Crippen molar-refractivity contribution < 1.29 is 22.3 Å². The van der Waals surface area contributed by atoms with E-state index in [1.54, 1.807) is 17.0 Å². The average Bonchev–Trinajstić information content (AvgIpc) is 3.15. The Bertz CT molecular complexity index is 1250. The van der Waals surface area contributed by atoms with Gasteiger partial charge in [-0.15, -0.1) is 0 Å². The van der Waals surface area contributed by atoms with Gasteiger partial charge in [0.25, 0.3) is 0 Å². The highest BCUT2D eigenvalue weighted by molar-refractivity contribution is 7.71. The molecule has 0 spiro atoms. The smallest absolute Gasteiger partial charge is 0.410 e. The van der Waals surface area contributed by atoms with Crippen molar-refractivity contribution in [2.45, 2.75) is 50.9 Å². The van der Waals surface area contributed by atoms with Crippen LogP contribution in [-0.4, -0.2) is 48.1 Å². The van der Waals surface area contributed by atoms with Gasteiger partial charge in [-0.25, -0.2) is 22.6 Å². The summed E-state index contributed by atoms with van der Waals surface area (Å²) < 4.78 is 41.9. The molecular weight excluding hydrogens is 445 g/mol. The first-order valence-electron chi connectivity index (χ1n) is 11.0. The number of aromatic nitrogens is 2. The van der Waals surface area contributed by atoms with Crippen molar-refractivity contribution in [2.75, 3.05) is 13.1 Å². The number of likely N-dealkylation sites (tertiary alicyclic amines) is 1. The quantitative estimate of drug-likeness (QED) is 0.541. The molecule has 176 valence electrons. The molecule has 3 aromatic rings. The lowest BCUT2D eigenvalue weighted by Gasteiger charge is -2.32. The van der Waals surface area contributed by atoms with Crippen molar-refractivity contribution in [3.63, 3.8) is 0 Å². The van der Waals surface area contributed by atoms with E-state index >= 15 is 0 Å². The Morgan fingerprint density at radius 1 is 1.18 bits per heavy atom. The second-order valence-corrected chi connectivity index (χ2v) is 10.4. The molecule has 1 aliphatic heterocycles. The van der Waals surface area contributed by atoms with Crippen LogP contribution in [0.25, 0.3) is 22.2 Å². The lowest BCUT2D eigenvalue weighted by molar-refractivity contribution is 0.0203. The predicted molar refractivity (Wildman–Crippen MR) is 125 cm³/mol. The molecule has 2 heterocycles. The van der Waals surface area contributed by atoms with E-state index < -0.39 is 22.1 Å². The molecule has 0 bridgehead atoms. The van der Waals surface area contributed by atoms with E-state index in [0.29, 0.717) is 29.8 Å². The molecule has 1 amide bonds. The van der Waals surface area contributed by atoms with Crippen LogP contribution in [-0.2, 0) is 21.2 Å². The highest BCUT2D eigenvalue weighted by Crippen LogP contribution is 2.31. The number of ether oxygens (including phenoxy) is 1. The Hall–Kier alpha value is -2.94. The van der Waals surface area contributed by atoms with E-state index in [-0.39, 0.29) is 17.8 Å². The van der Waals surface area contributed by atoms with Gasteiger partial charge in [0.2, 0.25) is 0 Å². The fourth-order valence-corrected chi connectivity index (χ4v) is 4.58. The molecule has 2 aromatic carbocycles. The molecule has 0 saturated carbocycles. The van der Waals surface area contributed by atoms with Gasteiger partial charge in [-0.05, 0) is 62.9 Å². The van der Waals surface area contributed by atoms with Gasteiger partial charge in [0.1, 0.15) is 27.9 Å². The Morgan fingerprint density at radius 3 is 2.55 bits per heavy atom. The topological polar surface area (TPSA) is 92.4 Å². The van der Waals surface area contributed by atoms with Gasteiger partial charge < -0.3 is 14.6 Å². The number of imidazole rings is 1. The number of fused-ring (bicyclic) bond motifs is 1. The van der Waals surface area contributed by atoms with Gasteiger partial charge in [-0.1, -0.05) is 18.2 Å².